The number of rotatable bonds is 4. The standard InChI is InChI=1S/C40H24N4O/c1-2-6-25(7-3-1)27-10-13-28(14-11-27)38-42-39(31-15-12-26-8-4-5-9-29(26)22-31)44-40(43-38)32-16-18-33-30(23-32)17-19-35-37(33)34-20-21-41-24-36(34)45-35/h1-24H. The molecule has 0 bridgehead atoms. The highest BCUT2D eigenvalue weighted by atomic mass is 16.3. The Labute approximate surface area is 258 Å². The molecule has 0 aliphatic heterocycles. The van der Waals surface area contributed by atoms with Crippen LogP contribution in [-0.4, -0.2) is 19.9 Å². The van der Waals surface area contributed by atoms with Crippen molar-refractivity contribution in [2.24, 2.45) is 0 Å². The smallest absolute Gasteiger partial charge is 0.164 e. The molecule has 0 N–H and O–H groups in total. The zero-order valence-electron chi connectivity index (χ0n) is 24.1. The van der Waals surface area contributed by atoms with Crippen LogP contribution in [0.25, 0.3) is 88.8 Å². The van der Waals surface area contributed by atoms with E-state index in [-0.39, 0.29) is 0 Å². The fraction of sp³-hybridized carbons (Fsp3) is 0. The Balaban J connectivity index is 1.21. The first-order chi connectivity index (χ1) is 22.3. The van der Waals surface area contributed by atoms with Crippen molar-refractivity contribution in [3.8, 4) is 45.3 Å². The summed E-state index contributed by atoms with van der Waals surface area (Å²) in [6.45, 7) is 0. The minimum atomic E-state index is 0.624. The number of benzene rings is 6. The van der Waals surface area contributed by atoms with Crippen molar-refractivity contribution in [2.75, 3.05) is 0 Å². The SMILES string of the molecule is c1ccc(-c2ccc(-c3nc(-c4ccc5ccccc5c4)nc(-c4ccc5c(ccc6oc7cnccc7c65)c4)n3)cc2)cc1. The molecule has 0 aliphatic carbocycles. The summed E-state index contributed by atoms with van der Waals surface area (Å²) in [4.78, 5) is 19.3. The van der Waals surface area contributed by atoms with Crippen molar-refractivity contribution in [3.63, 3.8) is 0 Å². The van der Waals surface area contributed by atoms with Crippen LogP contribution < -0.4 is 0 Å². The maximum Gasteiger partial charge on any atom is 0.164 e. The maximum absolute atomic E-state index is 6.08. The van der Waals surface area contributed by atoms with Crippen LogP contribution in [-0.2, 0) is 0 Å². The van der Waals surface area contributed by atoms with Gasteiger partial charge in [-0.1, -0.05) is 109 Å². The fourth-order valence-corrected chi connectivity index (χ4v) is 6.13. The molecule has 0 saturated carbocycles. The molecule has 0 unspecified atom stereocenters. The predicted octanol–water partition coefficient (Wildman–Crippen LogP) is 10.1. The molecular weight excluding hydrogens is 552 g/mol. The summed E-state index contributed by atoms with van der Waals surface area (Å²) < 4.78 is 6.08. The molecular formula is C40H24N4O. The van der Waals surface area contributed by atoms with Gasteiger partial charge in [0.2, 0.25) is 0 Å². The minimum absolute atomic E-state index is 0.624. The average molecular weight is 577 g/mol. The lowest BCUT2D eigenvalue weighted by molar-refractivity contribution is 0.667. The van der Waals surface area contributed by atoms with E-state index in [1.807, 2.05) is 18.2 Å². The highest BCUT2D eigenvalue weighted by Crippen LogP contribution is 2.36. The Morgan fingerprint density at radius 2 is 1.00 bits per heavy atom. The Bertz CT molecular complexity index is 2540. The van der Waals surface area contributed by atoms with E-state index >= 15 is 0 Å². The normalized spacial score (nSPS) is 11.6. The predicted molar refractivity (Wildman–Crippen MR) is 182 cm³/mol. The van der Waals surface area contributed by atoms with Crippen molar-refractivity contribution in [3.05, 3.63) is 146 Å². The van der Waals surface area contributed by atoms with E-state index in [4.69, 9.17) is 19.4 Å². The summed E-state index contributed by atoms with van der Waals surface area (Å²) in [5, 5.41) is 6.66. The molecule has 0 saturated heterocycles. The second-order valence-electron chi connectivity index (χ2n) is 11.2. The fourth-order valence-electron chi connectivity index (χ4n) is 6.13. The monoisotopic (exact) mass is 576 g/mol. The first kappa shape index (κ1) is 25.3. The van der Waals surface area contributed by atoms with Crippen molar-refractivity contribution >= 4 is 43.5 Å². The second-order valence-corrected chi connectivity index (χ2v) is 11.2. The number of aromatic nitrogens is 4. The summed E-state index contributed by atoms with van der Waals surface area (Å²) in [6, 6.07) is 46.0. The van der Waals surface area contributed by atoms with Crippen LogP contribution in [0.5, 0.6) is 0 Å². The molecule has 0 radical (unpaired) electrons. The Kier molecular flexibility index (Phi) is 5.74. The lowest BCUT2D eigenvalue weighted by Crippen LogP contribution is -2.00. The lowest BCUT2D eigenvalue weighted by atomic mass is 10.0. The van der Waals surface area contributed by atoms with Crippen LogP contribution >= 0.6 is 0 Å². The molecule has 5 nitrogen and oxygen atoms in total. The van der Waals surface area contributed by atoms with Gasteiger partial charge in [-0.3, -0.25) is 4.98 Å². The highest BCUT2D eigenvalue weighted by Gasteiger charge is 2.15. The van der Waals surface area contributed by atoms with E-state index in [1.165, 1.54) is 10.9 Å². The van der Waals surface area contributed by atoms with Crippen molar-refractivity contribution < 1.29 is 4.42 Å². The Morgan fingerprint density at radius 1 is 0.400 bits per heavy atom. The molecule has 0 atom stereocenters. The first-order valence-electron chi connectivity index (χ1n) is 14.9. The zero-order valence-corrected chi connectivity index (χ0v) is 24.1. The Hall–Kier alpha value is -6.20. The third-order valence-electron chi connectivity index (χ3n) is 8.41. The molecule has 9 rings (SSSR count). The van der Waals surface area contributed by atoms with Gasteiger partial charge >= 0.3 is 0 Å². The van der Waals surface area contributed by atoms with E-state index in [9.17, 15) is 0 Å². The van der Waals surface area contributed by atoms with Crippen LogP contribution in [0.2, 0.25) is 0 Å². The summed E-state index contributed by atoms with van der Waals surface area (Å²) in [6.07, 6.45) is 3.57. The number of pyridine rings is 1. The lowest BCUT2D eigenvalue weighted by Gasteiger charge is -2.10. The average Bonchev–Trinajstić information content (AvgIpc) is 3.51. The first-order valence-corrected chi connectivity index (χ1v) is 14.9. The molecule has 3 aromatic heterocycles. The molecule has 6 aromatic carbocycles. The zero-order chi connectivity index (χ0) is 29.7. The molecule has 0 fully saturated rings. The quantitative estimate of drug-likeness (QED) is 0.209. The van der Waals surface area contributed by atoms with Gasteiger partial charge in [0.15, 0.2) is 23.1 Å². The molecule has 45 heavy (non-hydrogen) atoms. The number of hydrogen-bond donors (Lipinski definition) is 0. The van der Waals surface area contributed by atoms with Gasteiger partial charge in [-0.2, -0.15) is 0 Å². The molecule has 0 spiro atoms. The summed E-state index contributed by atoms with van der Waals surface area (Å²) in [5.41, 5.74) is 6.74. The highest BCUT2D eigenvalue weighted by molar-refractivity contribution is 6.18. The molecule has 0 aliphatic rings. The maximum atomic E-state index is 6.08. The molecule has 210 valence electrons. The van der Waals surface area contributed by atoms with Crippen molar-refractivity contribution in [1.29, 1.82) is 0 Å². The van der Waals surface area contributed by atoms with Gasteiger partial charge < -0.3 is 4.42 Å². The van der Waals surface area contributed by atoms with E-state index in [0.29, 0.717) is 17.5 Å². The van der Waals surface area contributed by atoms with Crippen LogP contribution in [0.15, 0.2) is 150 Å². The van der Waals surface area contributed by atoms with Crippen LogP contribution in [0.3, 0.4) is 0 Å². The van der Waals surface area contributed by atoms with E-state index in [0.717, 1.165) is 60.4 Å². The van der Waals surface area contributed by atoms with Crippen LogP contribution in [0.4, 0.5) is 0 Å². The van der Waals surface area contributed by atoms with Gasteiger partial charge in [-0.25, -0.2) is 15.0 Å². The number of nitrogens with zero attached hydrogens (tertiary/aromatic N) is 4. The van der Waals surface area contributed by atoms with Crippen molar-refractivity contribution in [2.45, 2.75) is 0 Å². The summed E-state index contributed by atoms with van der Waals surface area (Å²) >= 11 is 0. The molecule has 3 heterocycles. The number of furan rings is 1. The van der Waals surface area contributed by atoms with E-state index in [2.05, 4.69) is 120 Å². The van der Waals surface area contributed by atoms with Crippen LogP contribution in [0, 0.1) is 0 Å². The molecule has 0 amide bonds. The molecule has 9 aromatic rings. The minimum Gasteiger partial charge on any atom is -0.454 e. The summed E-state index contributed by atoms with van der Waals surface area (Å²) in [7, 11) is 0. The largest absolute Gasteiger partial charge is 0.454 e. The number of hydrogen-bond acceptors (Lipinski definition) is 5. The van der Waals surface area contributed by atoms with Gasteiger partial charge in [-0.15, -0.1) is 0 Å². The van der Waals surface area contributed by atoms with Gasteiger partial charge in [0.05, 0.1) is 6.20 Å². The third-order valence-corrected chi connectivity index (χ3v) is 8.41. The Morgan fingerprint density at radius 3 is 1.80 bits per heavy atom. The van der Waals surface area contributed by atoms with Crippen LogP contribution in [0.1, 0.15) is 0 Å². The van der Waals surface area contributed by atoms with Crippen molar-refractivity contribution in [1.82, 2.24) is 19.9 Å². The van der Waals surface area contributed by atoms with Gasteiger partial charge in [0.25, 0.3) is 0 Å². The second kappa shape index (κ2) is 10.2. The summed E-state index contributed by atoms with van der Waals surface area (Å²) in [5.74, 6) is 1.89. The van der Waals surface area contributed by atoms with Gasteiger partial charge in [0.1, 0.15) is 5.58 Å². The molecule has 5 heteroatoms. The van der Waals surface area contributed by atoms with Gasteiger partial charge in [0, 0.05) is 33.7 Å². The third kappa shape index (κ3) is 4.41. The number of fused-ring (bicyclic) bond motifs is 6. The topological polar surface area (TPSA) is 64.7 Å². The van der Waals surface area contributed by atoms with E-state index in [1.54, 1.807) is 12.4 Å². The van der Waals surface area contributed by atoms with E-state index < -0.39 is 0 Å². The van der Waals surface area contributed by atoms with Gasteiger partial charge in [-0.05, 0) is 56.9 Å².